The number of hydrogen-bond donors (Lipinski definition) is 0. The van der Waals surface area contributed by atoms with Crippen LogP contribution in [-0.4, -0.2) is 66.8 Å². The van der Waals surface area contributed by atoms with Crippen molar-refractivity contribution < 1.29 is 18.7 Å². The summed E-state index contributed by atoms with van der Waals surface area (Å²) in [5.74, 6) is 3.15. The van der Waals surface area contributed by atoms with Gasteiger partial charge in [-0.25, -0.2) is 14.4 Å². The van der Waals surface area contributed by atoms with Crippen LogP contribution in [0.4, 0.5) is 10.3 Å². The van der Waals surface area contributed by atoms with Crippen molar-refractivity contribution in [2.45, 2.75) is 64.4 Å². The molecule has 1 aromatic carbocycles. The van der Waals surface area contributed by atoms with Gasteiger partial charge in [0.05, 0.1) is 19.1 Å². The molecule has 1 aromatic heterocycles. The number of nitrogens with zero attached hydrogens (tertiary/aromatic N) is 4. The molecule has 2 saturated heterocycles. The molecule has 8 heteroatoms. The van der Waals surface area contributed by atoms with Crippen LogP contribution in [0.5, 0.6) is 5.75 Å². The Balaban J connectivity index is 1.00. The summed E-state index contributed by atoms with van der Waals surface area (Å²) >= 11 is 0. The molecule has 2 aliphatic heterocycles. The van der Waals surface area contributed by atoms with Crippen molar-refractivity contribution in [1.29, 1.82) is 0 Å². The van der Waals surface area contributed by atoms with E-state index in [0.717, 1.165) is 68.7 Å². The zero-order valence-electron chi connectivity index (χ0n) is 22.8. The molecule has 7 nitrogen and oxygen atoms in total. The molecule has 5 rings (SSSR count). The predicted octanol–water partition coefficient (Wildman–Crippen LogP) is 4.82. The van der Waals surface area contributed by atoms with Crippen LogP contribution in [0.2, 0.25) is 0 Å². The van der Waals surface area contributed by atoms with E-state index in [4.69, 9.17) is 9.47 Å². The van der Waals surface area contributed by atoms with Gasteiger partial charge in [-0.1, -0.05) is 6.07 Å². The third-order valence-corrected chi connectivity index (χ3v) is 8.47. The average molecular weight is 525 g/mol. The number of carbonyl (C=O) groups excluding carboxylic acids is 1. The number of benzene rings is 1. The molecule has 3 aliphatic rings. The lowest BCUT2D eigenvalue weighted by molar-refractivity contribution is -0.131. The number of rotatable bonds is 10. The molecule has 0 spiro atoms. The molecule has 206 valence electrons. The van der Waals surface area contributed by atoms with Crippen molar-refractivity contribution in [3.63, 3.8) is 0 Å². The van der Waals surface area contributed by atoms with E-state index >= 15 is 0 Å². The third-order valence-electron chi connectivity index (χ3n) is 8.47. The van der Waals surface area contributed by atoms with E-state index in [1.54, 1.807) is 24.1 Å². The lowest BCUT2D eigenvalue weighted by Gasteiger charge is -2.32. The molecule has 0 bridgehead atoms. The van der Waals surface area contributed by atoms with Gasteiger partial charge in [-0.05, 0) is 86.8 Å². The highest BCUT2D eigenvalue weighted by Crippen LogP contribution is 2.49. The van der Waals surface area contributed by atoms with Crippen LogP contribution in [-0.2, 0) is 16.0 Å². The number of piperidine rings is 1. The van der Waals surface area contributed by atoms with Gasteiger partial charge in [0.2, 0.25) is 11.9 Å². The Morgan fingerprint density at radius 3 is 2.68 bits per heavy atom. The quantitative estimate of drug-likeness (QED) is 0.444. The van der Waals surface area contributed by atoms with E-state index in [1.807, 2.05) is 19.3 Å². The van der Waals surface area contributed by atoms with E-state index in [-0.39, 0.29) is 24.2 Å². The second-order valence-corrected chi connectivity index (χ2v) is 11.4. The second kappa shape index (κ2) is 12.4. The normalized spacial score (nSPS) is 23.8. The molecule has 3 atom stereocenters. The number of ether oxygens (including phenoxy) is 2. The molecule has 3 fully saturated rings. The smallest absolute Gasteiger partial charge is 0.226 e. The summed E-state index contributed by atoms with van der Waals surface area (Å²) in [6.07, 6.45) is 11.7. The van der Waals surface area contributed by atoms with Crippen LogP contribution < -0.4 is 9.64 Å². The first-order valence-electron chi connectivity index (χ1n) is 14.3. The van der Waals surface area contributed by atoms with Gasteiger partial charge in [-0.2, -0.15) is 0 Å². The summed E-state index contributed by atoms with van der Waals surface area (Å²) in [6, 6.07) is 4.88. The highest BCUT2D eigenvalue weighted by atomic mass is 19.1. The fourth-order valence-corrected chi connectivity index (χ4v) is 6.00. The summed E-state index contributed by atoms with van der Waals surface area (Å²) in [7, 11) is 1.77. The van der Waals surface area contributed by atoms with E-state index < -0.39 is 0 Å². The molecular formula is C30H41FN4O3. The highest BCUT2D eigenvalue weighted by molar-refractivity contribution is 5.78. The molecule has 0 radical (unpaired) electrons. The van der Waals surface area contributed by atoms with Gasteiger partial charge >= 0.3 is 0 Å². The lowest BCUT2D eigenvalue weighted by Crippen LogP contribution is -2.37. The minimum Gasteiger partial charge on any atom is -0.493 e. The first-order valence-corrected chi connectivity index (χ1v) is 14.3. The predicted molar refractivity (Wildman–Crippen MR) is 145 cm³/mol. The largest absolute Gasteiger partial charge is 0.493 e. The maximum absolute atomic E-state index is 14.7. The van der Waals surface area contributed by atoms with E-state index in [0.29, 0.717) is 30.4 Å². The molecule has 38 heavy (non-hydrogen) atoms. The summed E-state index contributed by atoms with van der Waals surface area (Å²) < 4.78 is 26.3. The van der Waals surface area contributed by atoms with Gasteiger partial charge in [-0.15, -0.1) is 0 Å². The molecular weight excluding hydrogens is 483 g/mol. The maximum atomic E-state index is 14.7. The minimum atomic E-state index is -0.383. The summed E-state index contributed by atoms with van der Waals surface area (Å²) in [5.41, 5.74) is 1.49. The summed E-state index contributed by atoms with van der Waals surface area (Å²) in [4.78, 5) is 25.5. The van der Waals surface area contributed by atoms with Crippen LogP contribution >= 0.6 is 0 Å². The van der Waals surface area contributed by atoms with Gasteiger partial charge in [-0.3, -0.25) is 4.79 Å². The number of carbonyl (C=O) groups is 1. The number of amides is 1. The van der Waals surface area contributed by atoms with E-state index in [9.17, 15) is 9.18 Å². The average Bonchev–Trinajstić information content (AvgIpc) is 3.71. The second-order valence-electron chi connectivity index (χ2n) is 11.4. The number of halogens is 1. The molecule has 1 aliphatic carbocycles. The Hall–Kier alpha value is -2.74. The Kier molecular flexibility index (Phi) is 8.77. The van der Waals surface area contributed by atoms with Gasteiger partial charge in [0.25, 0.3) is 0 Å². The van der Waals surface area contributed by atoms with Crippen LogP contribution in [0.15, 0.2) is 30.6 Å². The first-order chi connectivity index (χ1) is 18.5. The number of anilines is 1. The van der Waals surface area contributed by atoms with Crippen LogP contribution in [0, 0.1) is 30.5 Å². The van der Waals surface area contributed by atoms with Gasteiger partial charge in [0.15, 0.2) is 0 Å². The lowest BCUT2D eigenvalue weighted by atomic mass is 9.90. The van der Waals surface area contributed by atoms with E-state index in [2.05, 4.69) is 14.9 Å². The maximum Gasteiger partial charge on any atom is 0.226 e. The molecule has 1 unspecified atom stereocenters. The van der Waals surface area contributed by atoms with Gasteiger partial charge < -0.3 is 19.3 Å². The third kappa shape index (κ3) is 7.01. The zero-order chi connectivity index (χ0) is 26.5. The topological polar surface area (TPSA) is 67.8 Å². The molecule has 1 amide bonds. The molecule has 0 N–H and O–H groups in total. The van der Waals surface area contributed by atoms with Gasteiger partial charge in [0, 0.05) is 51.7 Å². The van der Waals surface area contributed by atoms with Crippen molar-refractivity contribution in [3.05, 3.63) is 47.5 Å². The van der Waals surface area contributed by atoms with E-state index in [1.165, 1.54) is 25.3 Å². The van der Waals surface area contributed by atoms with Crippen LogP contribution in [0.1, 0.15) is 56.1 Å². The molecule has 3 heterocycles. The number of aryl methyl sites for hydroxylation is 1. The number of likely N-dealkylation sites (N-methyl/N-ethyl adjacent to an activating group) is 1. The Morgan fingerprint density at radius 1 is 1.18 bits per heavy atom. The van der Waals surface area contributed by atoms with Crippen molar-refractivity contribution in [2.75, 3.05) is 44.8 Å². The number of aromatic nitrogens is 2. The van der Waals surface area contributed by atoms with Gasteiger partial charge in [0.1, 0.15) is 11.6 Å². The highest BCUT2D eigenvalue weighted by Gasteiger charge is 2.43. The van der Waals surface area contributed by atoms with Crippen molar-refractivity contribution in [3.8, 4) is 5.75 Å². The fourth-order valence-electron chi connectivity index (χ4n) is 6.00. The number of hydrogen-bond acceptors (Lipinski definition) is 6. The first kappa shape index (κ1) is 26.9. The summed E-state index contributed by atoms with van der Waals surface area (Å²) in [6.45, 7) is 5.96. The molecule has 1 saturated carbocycles. The molecule has 2 aromatic rings. The monoisotopic (exact) mass is 524 g/mol. The zero-order valence-corrected chi connectivity index (χ0v) is 22.8. The Bertz CT molecular complexity index is 1070. The van der Waals surface area contributed by atoms with Crippen LogP contribution in [0.3, 0.4) is 0 Å². The fraction of sp³-hybridized carbons (Fsp3) is 0.633. The Morgan fingerprint density at radius 2 is 1.97 bits per heavy atom. The minimum absolute atomic E-state index is 0.0495. The van der Waals surface area contributed by atoms with Crippen LogP contribution in [0.25, 0.3) is 0 Å². The van der Waals surface area contributed by atoms with Crippen molar-refractivity contribution >= 4 is 11.9 Å². The van der Waals surface area contributed by atoms with Crippen molar-refractivity contribution in [2.24, 2.45) is 17.8 Å². The Labute approximate surface area is 225 Å². The standard InChI is InChI=1S/C30H41FN4O3/c1-21-18-32-30(33-19-21)35-11-8-22(9-12-35)27-15-23(27)10-14-38-25-7-6-24(28(31)17-25)16-29(36)34(2)20-26-5-3-4-13-37-26/h6-7,17-19,22-23,26-27H,3-5,8-16,20H2,1-2H3/t23-,26?,27-/m1/s1. The summed E-state index contributed by atoms with van der Waals surface area (Å²) in [5, 5.41) is 0. The van der Waals surface area contributed by atoms with Crippen molar-refractivity contribution in [1.82, 2.24) is 14.9 Å². The SMILES string of the molecule is Cc1cnc(N2CCC([C@H]3C[C@H]3CCOc3ccc(CC(=O)N(C)CC4CCCCO4)c(F)c3)CC2)nc1.